The molecular weight excluding hydrogens is 330 g/mol. The van der Waals surface area contributed by atoms with Gasteiger partial charge in [-0.15, -0.1) is 0 Å². The Balaban J connectivity index is 1.82. The summed E-state index contributed by atoms with van der Waals surface area (Å²) in [6.07, 6.45) is 1.53. The lowest BCUT2D eigenvalue weighted by Crippen LogP contribution is -2.49. The number of ether oxygens (including phenoxy) is 1. The van der Waals surface area contributed by atoms with Crippen LogP contribution in [-0.4, -0.2) is 40.4 Å². The van der Waals surface area contributed by atoms with Crippen molar-refractivity contribution in [3.8, 4) is 0 Å². The van der Waals surface area contributed by atoms with Gasteiger partial charge < -0.3 is 25.3 Å². The maximum Gasteiger partial charge on any atom is 0.407 e. The number of anilines is 2. The molecular formula is C19H29N5O2. The van der Waals surface area contributed by atoms with Crippen molar-refractivity contribution in [3.63, 3.8) is 0 Å². The highest BCUT2D eigenvalue weighted by molar-refractivity contribution is 5.96. The number of nitrogens with one attached hydrogen (secondary N) is 1. The molecule has 1 aromatic heterocycles. The number of rotatable bonds is 2. The monoisotopic (exact) mass is 359 g/mol. The summed E-state index contributed by atoms with van der Waals surface area (Å²) < 4.78 is 7.45. The maximum atomic E-state index is 12.1. The number of nitrogens with two attached hydrogens (primary N) is 1. The maximum absolute atomic E-state index is 12.1. The Labute approximate surface area is 154 Å². The summed E-state index contributed by atoms with van der Waals surface area (Å²) in [5.74, 6) is 0.951. The van der Waals surface area contributed by atoms with Crippen LogP contribution in [0.4, 0.5) is 16.2 Å². The highest BCUT2D eigenvalue weighted by Crippen LogP contribution is 2.34. The van der Waals surface area contributed by atoms with E-state index in [0.717, 1.165) is 41.9 Å². The summed E-state index contributed by atoms with van der Waals surface area (Å²) in [5.41, 5.74) is 9.46. The van der Waals surface area contributed by atoms with E-state index >= 15 is 0 Å². The van der Waals surface area contributed by atoms with Crippen molar-refractivity contribution >= 4 is 28.5 Å². The van der Waals surface area contributed by atoms with Crippen LogP contribution in [0.2, 0.25) is 0 Å². The van der Waals surface area contributed by atoms with E-state index in [9.17, 15) is 4.79 Å². The molecule has 0 radical (unpaired) electrons. The molecule has 0 spiro atoms. The lowest BCUT2D eigenvalue weighted by atomic mass is 10.0. The standard InChI is InChI=1S/C19H29N5O2/c1-12-21-16-15(23(12)5)9-8-14(20)17(16)24-10-6-7-13(11-24)22-18(25)26-19(2,3)4/h8-9,13H,6-7,10-11,20H2,1-5H3,(H,22,25)/t13-/m1/s1. The summed E-state index contributed by atoms with van der Waals surface area (Å²) in [6.45, 7) is 9.17. The van der Waals surface area contributed by atoms with Gasteiger partial charge in [0.1, 0.15) is 16.9 Å². The second kappa shape index (κ2) is 6.70. The van der Waals surface area contributed by atoms with Gasteiger partial charge >= 0.3 is 6.09 Å². The second-order valence-corrected chi connectivity index (χ2v) is 8.02. The Morgan fingerprint density at radius 3 is 2.81 bits per heavy atom. The van der Waals surface area contributed by atoms with Gasteiger partial charge in [0.2, 0.25) is 0 Å². The quantitative estimate of drug-likeness (QED) is 0.805. The first-order valence-electron chi connectivity index (χ1n) is 9.11. The molecule has 1 aliphatic rings. The number of piperidine rings is 1. The Kier molecular flexibility index (Phi) is 4.73. The van der Waals surface area contributed by atoms with Crippen molar-refractivity contribution in [2.75, 3.05) is 23.7 Å². The summed E-state index contributed by atoms with van der Waals surface area (Å²) in [5, 5.41) is 2.99. The van der Waals surface area contributed by atoms with Gasteiger partial charge in [-0.05, 0) is 52.7 Å². The minimum absolute atomic E-state index is 0.0260. The Morgan fingerprint density at radius 2 is 2.12 bits per heavy atom. The molecule has 0 aliphatic carbocycles. The number of hydrogen-bond donors (Lipinski definition) is 2. The molecule has 1 atom stereocenters. The van der Waals surface area contributed by atoms with Crippen molar-refractivity contribution in [2.45, 2.75) is 52.2 Å². The molecule has 26 heavy (non-hydrogen) atoms. The Morgan fingerprint density at radius 1 is 1.38 bits per heavy atom. The number of carbonyl (C=O) groups is 1. The number of alkyl carbamates (subject to hydrolysis) is 1. The lowest BCUT2D eigenvalue weighted by Gasteiger charge is -2.35. The third kappa shape index (κ3) is 3.71. The van der Waals surface area contributed by atoms with Crippen LogP contribution in [0.15, 0.2) is 12.1 Å². The molecule has 7 heteroatoms. The highest BCUT2D eigenvalue weighted by Gasteiger charge is 2.27. The van der Waals surface area contributed by atoms with Gasteiger partial charge in [-0.2, -0.15) is 0 Å². The predicted octanol–water partition coefficient (Wildman–Crippen LogP) is 2.96. The zero-order valence-corrected chi connectivity index (χ0v) is 16.3. The SMILES string of the molecule is Cc1nc2c(N3CCC[C@@H](NC(=O)OC(C)(C)C)C3)c(N)ccc2n1C. The molecule has 1 aliphatic heterocycles. The van der Waals surface area contributed by atoms with E-state index < -0.39 is 5.60 Å². The molecule has 3 rings (SSSR count). The Hall–Kier alpha value is -2.44. The topological polar surface area (TPSA) is 85.4 Å². The van der Waals surface area contributed by atoms with E-state index in [1.54, 1.807) is 0 Å². The fourth-order valence-corrected chi connectivity index (χ4v) is 3.48. The van der Waals surface area contributed by atoms with Gasteiger partial charge in [0.25, 0.3) is 0 Å². The van der Waals surface area contributed by atoms with Crippen LogP contribution < -0.4 is 16.0 Å². The van der Waals surface area contributed by atoms with Crippen LogP contribution in [0.5, 0.6) is 0 Å². The van der Waals surface area contributed by atoms with Crippen molar-refractivity contribution in [1.29, 1.82) is 0 Å². The molecule has 3 N–H and O–H groups in total. The van der Waals surface area contributed by atoms with Crippen LogP contribution in [-0.2, 0) is 11.8 Å². The minimum Gasteiger partial charge on any atom is -0.444 e. The number of aryl methyl sites for hydroxylation is 2. The number of aromatic nitrogens is 2. The van der Waals surface area contributed by atoms with Crippen LogP contribution in [0.1, 0.15) is 39.4 Å². The fraction of sp³-hybridized carbons (Fsp3) is 0.579. The largest absolute Gasteiger partial charge is 0.444 e. The van der Waals surface area contributed by atoms with Crippen LogP contribution >= 0.6 is 0 Å². The van der Waals surface area contributed by atoms with Gasteiger partial charge in [-0.3, -0.25) is 0 Å². The fourth-order valence-electron chi connectivity index (χ4n) is 3.48. The van der Waals surface area contributed by atoms with Crippen LogP contribution in [0.25, 0.3) is 11.0 Å². The summed E-state index contributed by atoms with van der Waals surface area (Å²) in [4.78, 5) is 19.0. The van der Waals surface area contributed by atoms with Gasteiger partial charge in [0, 0.05) is 26.2 Å². The molecule has 1 aromatic carbocycles. The van der Waals surface area contributed by atoms with Crippen LogP contribution in [0.3, 0.4) is 0 Å². The summed E-state index contributed by atoms with van der Waals surface area (Å²) >= 11 is 0. The number of imidazole rings is 1. The number of nitrogens with zero attached hydrogens (tertiary/aromatic N) is 3. The van der Waals surface area contributed by atoms with Crippen molar-refractivity contribution in [1.82, 2.24) is 14.9 Å². The van der Waals surface area contributed by atoms with Crippen molar-refractivity contribution < 1.29 is 9.53 Å². The summed E-state index contributed by atoms with van der Waals surface area (Å²) in [7, 11) is 2.01. The average Bonchev–Trinajstić information content (AvgIpc) is 2.80. The van der Waals surface area contributed by atoms with Crippen molar-refractivity contribution in [2.24, 2.45) is 7.05 Å². The molecule has 1 amide bonds. The zero-order chi connectivity index (χ0) is 19.1. The minimum atomic E-state index is -0.500. The van der Waals surface area contributed by atoms with Gasteiger partial charge in [-0.1, -0.05) is 0 Å². The highest BCUT2D eigenvalue weighted by atomic mass is 16.6. The van der Waals surface area contributed by atoms with Crippen molar-refractivity contribution in [3.05, 3.63) is 18.0 Å². The first-order valence-corrected chi connectivity index (χ1v) is 9.11. The number of nitrogen functional groups attached to an aromatic ring is 1. The molecule has 1 fully saturated rings. The smallest absolute Gasteiger partial charge is 0.407 e. The number of amides is 1. The average molecular weight is 359 g/mol. The van der Waals surface area contributed by atoms with Gasteiger partial charge in [-0.25, -0.2) is 9.78 Å². The molecule has 0 bridgehead atoms. The van der Waals surface area contributed by atoms with Crippen LogP contribution in [0, 0.1) is 6.92 Å². The molecule has 0 unspecified atom stereocenters. The van der Waals surface area contributed by atoms with Gasteiger partial charge in [0.05, 0.1) is 16.9 Å². The third-order valence-corrected chi connectivity index (χ3v) is 4.74. The number of benzene rings is 1. The van der Waals surface area contributed by atoms with E-state index in [2.05, 4.69) is 14.8 Å². The van der Waals surface area contributed by atoms with Gasteiger partial charge in [0.15, 0.2) is 0 Å². The van der Waals surface area contributed by atoms with E-state index in [1.165, 1.54) is 0 Å². The lowest BCUT2D eigenvalue weighted by molar-refractivity contribution is 0.0500. The van der Waals surface area contributed by atoms with E-state index in [-0.39, 0.29) is 12.1 Å². The molecule has 2 aromatic rings. The molecule has 0 saturated carbocycles. The number of fused-ring (bicyclic) bond motifs is 1. The molecule has 2 heterocycles. The predicted molar refractivity (Wildman–Crippen MR) is 104 cm³/mol. The normalized spacial score (nSPS) is 18.2. The zero-order valence-electron chi connectivity index (χ0n) is 16.3. The number of hydrogen-bond acceptors (Lipinski definition) is 5. The molecule has 7 nitrogen and oxygen atoms in total. The third-order valence-electron chi connectivity index (χ3n) is 4.74. The first-order chi connectivity index (χ1) is 12.2. The van der Waals surface area contributed by atoms with E-state index in [0.29, 0.717) is 12.2 Å². The second-order valence-electron chi connectivity index (χ2n) is 8.02. The Bertz CT molecular complexity index is 821. The summed E-state index contributed by atoms with van der Waals surface area (Å²) in [6, 6.07) is 3.97. The first kappa shape index (κ1) is 18.4. The van der Waals surface area contributed by atoms with E-state index in [4.69, 9.17) is 15.5 Å². The van der Waals surface area contributed by atoms with E-state index in [1.807, 2.05) is 46.9 Å². The molecule has 142 valence electrons. The number of carbonyl (C=O) groups excluding carboxylic acids is 1. The molecule has 1 saturated heterocycles.